The lowest BCUT2D eigenvalue weighted by atomic mass is 9.94. The van der Waals surface area contributed by atoms with Gasteiger partial charge in [-0.15, -0.1) is 0 Å². The van der Waals surface area contributed by atoms with Crippen LogP contribution in [0, 0.1) is 17.3 Å². The van der Waals surface area contributed by atoms with Gasteiger partial charge in [0.1, 0.15) is 0 Å². The van der Waals surface area contributed by atoms with E-state index in [1.165, 1.54) is 6.42 Å². The number of nitrogens with zero attached hydrogens (tertiary/aromatic N) is 1. The zero-order valence-corrected chi connectivity index (χ0v) is 16.2. The molecular formula is C21H28N2O4. The van der Waals surface area contributed by atoms with Crippen molar-refractivity contribution in [1.82, 2.24) is 4.90 Å². The molecular weight excluding hydrogens is 344 g/mol. The number of carbonyl (C=O) groups excluding carboxylic acids is 2. The largest absolute Gasteiger partial charge is 0.481 e. The number of hydrogen-bond donors (Lipinski definition) is 2. The predicted molar refractivity (Wildman–Crippen MR) is 102 cm³/mol. The zero-order chi connectivity index (χ0) is 19.8. The zero-order valence-electron chi connectivity index (χ0n) is 16.2. The van der Waals surface area contributed by atoms with Crippen LogP contribution >= 0.6 is 0 Å². The topological polar surface area (TPSA) is 86.7 Å². The molecule has 2 saturated carbocycles. The number of carbonyl (C=O) groups is 3. The summed E-state index contributed by atoms with van der Waals surface area (Å²) in [4.78, 5) is 38.4. The van der Waals surface area contributed by atoms with Crippen molar-refractivity contribution in [3.63, 3.8) is 0 Å². The average molecular weight is 372 g/mol. The Morgan fingerprint density at radius 2 is 1.78 bits per heavy atom. The van der Waals surface area contributed by atoms with Crippen molar-refractivity contribution < 1.29 is 19.5 Å². The van der Waals surface area contributed by atoms with Gasteiger partial charge in [-0.25, -0.2) is 0 Å². The Kier molecular flexibility index (Phi) is 5.27. The molecule has 0 saturated heterocycles. The summed E-state index contributed by atoms with van der Waals surface area (Å²) in [5, 5.41) is 12.0. The van der Waals surface area contributed by atoms with Gasteiger partial charge in [0.25, 0.3) is 5.91 Å². The van der Waals surface area contributed by atoms with E-state index in [1.54, 1.807) is 38.1 Å². The minimum absolute atomic E-state index is 0.0480. The van der Waals surface area contributed by atoms with Crippen molar-refractivity contribution in [2.24, 2.45) is 17.3 Å². The van der Waals surface area contributed by atoms with Crippen LogP contribution in [-0.4, -0.2) is 40.9 Å². The number of carboxylic acids is 1. The van der Waals surface area contributed by atoms with Gasteiger partial charge in [-0.3, -0.25) is 14.4 Å². The van der Waals surface area contributed by atoms with E-state index >= 15 is 0 Å². The molecule has 6 heteroatoms. The summed E-state index contributed by atoms with van der Waals surface area (Å²) >= 11 is 0. The highest BCUT2D eigenvalue weighted by molar-refractivity contribution is 6.01. The summed E-state index contributed by atoms with van der Waals surface area (Å²) in [6.07, 6.45) is 5.60. The second-order valence-electron chi connectivity index (χ2n) is 8.39. The van der Waals surface area contributed by atoms with E-state index in [1.807, 2.05) is 11.9 Å². The number of aliphatic carboxylic acids is 1. The minimum atomic E-state index is -0.946. The molecule has 2 fully saturated rings. The number of benzene rings is 1. The summed E-state index contributed by atoms with van der Waals surface area (Å²) < 4.78 is 0. The number of carboxylic acid groups (broad SMARTS) is 1. The molecule has 0 radical (unpaired) electrons. The predicted octanol–water partition coefficient (Wildman–Crippen LogP) is 3.39. The van der Waals surface area contributed by atoms with E-state index in [4.69, 9.17) is 0 Å². The molecule has 0 aromatic heterocycles. The maximum absolute atomic E-state index is 12.8. The van der Waals surface area contributed by atoms with E-state index in [9.17, 15) is 19.5 Å². The molecule has 2 N–H and O–H groups in total. The fourth-order valence-electron chi connectivity index (χ4n) is 4.38. The molecule has 146 valence electrons. The van der Waals surface area contributed by atoms with Crippen molar-refractivity contribution in [1.29, 1.82) is 0 Å². The second-order valence-corrected chi connectivity index (χ2v) is 8.39. The fourth-order valence-corrected chi connectivity index (χ4v) is 4.38. The van der Waals surface area contributed by atoms with Gasteiger partial charge in [0.2, 0.25) is 5.91 Å². The van der Waals surface area contributed by atoms with E-state index < -0.39 is 23.2 Å². The van der Waals surface area contributed by atoms with Gasteiger partial charge in [0.05, 0.1) is 11.8 Å². The third-order valence-corrected chi connectivity index (χ3v) is 6.20. The number of anilines is 1. The smallest absolute Gasteiger partial charge is 0.307 e. The Bertz CT molecular complexity index is 752. The molecule has 1 aromatic carbocycles. The summed E-state index contributed by atoms with van der Waals surface area (Å²) in [5.74, 6) is -2.52. The Hall–Kier alpha value is -2.37. The number of amides is 2. The van der Waals surface area contributed by atoms with Crippen LogP contribution in [0.1, 0.15) is 56.3 Å². The lowest BCUT2D eigenvalue weighted by Crippen LogP contribution is -2.38. The molecule has 6 nitrogen and oxygen atoms in total. The minimum Gasteiger partial charge on any atom is -0.481 e. The number of hydrogen-bond acceptors (Lipinski definition) is 3. The Morgan fingerprint density at radius 3 is 2.37 bits per heavy atom. The van der Waals surface area contributed by atoms with Crippen molar-refractivity contribution in [2.75, 3.05) is 12.4 Å². The summed E-state index contributed by atoms with van der Waals surface area (Å²) in [6.45, 7) is 3.57. The highest BCUT2D eigenvalue weighted by Crippen LogP contribution is 2.58. The van der Waals surface area contributed by atoms with Gasteiger partial charge in [0, 0.05) is 24.3 Å². The molecule has 2 aliphatic carbocycles. The van der Waals surface area contributed by atoms with Crippen molar-refractivity contribution in [2.45, 2.75) is 52.0 Å². The Morgan fingerprint density at radius 1 is 1.11 bits per heavy atom. The van der Waals surface area contributed by atoms with E-state index in [-0.39, 0.29) is 17.9 Å². The Balaban J connectivity index is 1.68. The van der Waals surface area contributed by atoms with Gasteiger partial charge in [0.15, 0.2) is 0 Å². The summed E-state index contributed by atoms with van der Waals surface area (Å²) in [7, 11) is 1.84. The average Bonchev–Trinajstić information content (AvgIpc) is 3.24. The van der Waals surface area contributed by atoms with Gasteiger partial charge in [-0.1, -0.05) is 39.2 Å². The molecule has 0 heterocycles. The third-order valence-electron chi connectivity index (χ3n) is 6.20. The first-order chi connectivity index (χ1) is 12.7. The van der Waals surface area contributed by atoms with Crippen molar-refractivity contribution >= 4 is 23.5 Å². The monoisotopic (exact) mass is 372 g/mol. The van der Waals surface area contributed by atoms with Gasteiger partial charge in [-0.05, 0) is 36.5 Å². The van der Waals surface area contributed by atoms with Gasteiger partial charge >= 0.3 is 5.97 Å². The quantitative estimate of drug-likeness (QED) is 0.829. The van der Waals surface area contributed by atoms with Crippen molar-refractivity contribution in [3.8, 4) is 0 Å². The molecule has 2 amide bonds. The van der Waals surface area contributed by atoms with Crippen LogP contribution in [0.4, 0.5) is 5.69 Å². The first-order valence-electron chi connectivity index (χ1n) is 9.64. The second kappa shape index (κ2) is 7.33. The van der Waals surface area contributed by atoms with E-state index in [0.29, 0.717) is 11.3 Å². The molecule has 2 aliphatic rings. The molecule has 0 spiro atoms. The normalized spacial score (nSPS) is 24.1. The molecule has 1 aromatic rings. The van der Waals surface area contributed by atoms with Crippen LogP contribution in [0.15, 0.2) is 24.3 Å². The molecule has 2 atom stereocenters. The van der Waals surface area contributed by atoms with Crippen LogP contribution in [-0.2, 0) is 9.59 Å². The molecule has 3 rings (SSSR count). The SMILES string of the molecule is CN(C(=O)c1cccc(NC(=O)[C@H]2[C@@H](C(=O)O)C2(C)C)c1)C1CCCCC1. The van der Waals surface area contributed by atoms with Crippen LogP contribution in [0.3, 0.4) is 0 Å². The van der Waals surface area contributed by atoms with Crippen LogP contribution in [0.5, 0.6) is 0 Å². The Labute approximate surface area is 159 Å². The highest BCUT2D eigenvalue weighted by atomic mass is 16.4. The van der Waals surface area contributed by atoms with E-state index in [0.717, 1.165) is 25.7 Å². The molecule has 0 bridgehead atoms. The first kappa shape index (κ1) is 19.4. The van der Waals surface area contributed by atoms with Crippen LogP contribution < -0.4 is 5.32 Å². The molecule has 0 unspecified atom stereocenters. The van der Waals surface area contributed by atoms with Gasteiger partial charge in [-0.2, -0.15) is 0 Å². The standard InChI is InChI=1S/C21H28N2O4/c1-21(2)16(17(21)20(26)27)18(24)22-14-9-7-8-13(12-14)19(25)23(3)15-10-5-4-6-11-15/h7-9,12,15-17H,4-6,10-11H2,1-3H3,(H,22,24)(H,26,27)/t16-,17+/m1/s1. The third kappa shape index (κ3) is 3.84. The summed E-state index contributed by atoms with van der Waals surface area (Å²) in [5.41, 5.74) is 0.505. The van der Waals surface area contributed by atoms with Gasteiger partial charge < -0.3 is 15.3 Å². The maximum atomic E-state index is 12.8. The molecule has 27 heavy (non-hydrogen) atoms. The maximum Gasteiger partial charge on any atom is 0.307 e. The number of rotatable bonds is 5. The first-order valence-corrected chi connectivity index (χ1v) is 9.64. The fraction of sp³-hybridized carbons (Fsp3) is 0.571. The highest BCUT2D eigenvalue weighted by Gasteiger charge is 2.65. The van der Waals surface area contributed by atoms with Crippen molar-refractivity contribution in [3.05, 3.63) is 29.8 Å². The lowest BCUT2D eigenvalue weighted by molar-refractivity contribution is -0.140. The van der Waals surface area contributed by atoms with Crippen LogP contribution in [0.2, 0.25) is 0 Å². The van der Waals surface area contributed by atoms with Crippen LogP contribution in [0.25, 0.3) is 0 Å². The molecule has 0 aliphatic heterocycles. The van der Waals surface area contributed by atoms with E-state index in [2.05, 4.69) is 5.32 Å². The summed E-state index contributed by atoms with van der Waals surface area (Å²) in [6, 6.07) is 7.15. The number of nitrogens with one attached hydrogen (secondary N) is 1. The lowest BCUT2D eigenvalue weighted by Gasteiger charge is -2.31.